The summed E-state index contributed by atoms with van der Waals surface area (Å²) >= 11 is 0. The summed E-state index contributed by atoms with van der Waals surface area (Å²) in [5.74, 6) is 0. The first kappa shape index (κ1) is 15.7. The van der Waals surface area contributed by atoms with Crippen molar-refractivity contribution in [1.29, 1.82) is 0 Å². The molecule has 0 aromatic heterocycles. The lowest BCUT2D eigenvalue weighted by molar-refractivity contribution is 0.265. The molecule has 0 radical (unpaired) electrons. The van der Waals surface area contributed by atoms with Crippen molar-refractivity contribution in [1.82, 2.24) is 4.90 Å². The summed E-state index contributed by atoms with van der Waals surface area (Å²) in [5, 5.41) is 0. The van der Waals surface area contributed by atoms with Crippen LogP contribution in [0.3, 0.4) is 0 Å². The van der Waals surface area contributed by atoms with E-state index in [0.717, 1.165) is 6.42 Å². The highest BCUT2D eigenvalue weighted by atomic mass is 15.1. The van der Waals surface area contributed by atoms with E-state index in [1.54, 1.807) is 0 Å². The van der Waals surface area contributed by atoms with Crippen molar-refractivity contribution >= 4 is 0 Å². The number of unbranched alkanes of at least 4 members (excludes halogenated alkanes) is 4. The summed E-state index contributed by atoms with van der Waals surface area (Å²) in [6.07, 6.45) is 9.27. The summed E-state index contributed by atoms with van der Waals surface area (Å²) < 4.78 is 0. The molecule has 0 spiro atoms. The second-order valence-corrected chi connectivity index (χ2v) is 4.96. The van der Waals surface area contributed by atoms with E-state index >= 15 is 0 Å². The van der Waals surface area contributed by atoms with Gasteiger partial charge in [0, 0.05) is 6.54 Å². The Bertz CT molecular complexity index is 153. The fourth-order valence-corrected chi connectivity index (χ4v) is 1.86. The Hall–Kier alpha value is -0.300. The molecule has 0 saturated heterocycles. The van der Waals surface area contributed by atoms with E-state index < -0.39 is 0 Å². The van der Waals surface area contributed by atoms with Crippen LogP contribution in [0.2, 0.25) is 0 Å². The van der Waals surface area contributed by atoms with Gasteiger partial charge in [-0.15, -0.1) is 6.58 Å². The van der Waals surface area contributed by atoms with Gasteiger partial charge in [-0.1, -0.05) is 45.1 Å². The van der Waals surface area contributed by atoms with Crippen molar-refractivity contribution in [3.63, 3.8) is 0 Å². The van der Waals surface area contributed by atoms with E-state index in [2.05, 4.69) is 32.3 Å². The molecule has 0 heterocycles. The van der Waals surface area contributed by atoms with E-state index in [0.29, 0.717) is 0 Å². The highest BCUT2D eigenvalue weighted by molar-refractivity contribution is 4.88. The topological polar surface area (TPSA) is 3.24 Å². The number of hydrogen-bond acceptors (Lipinski definition) is 1. The third-order valence-electron chi connectivity index (χ3n) is 3.01. The first-order chi connectivity index (χ1) is 7.70. The smallest absolute Gasteiger partial charge is 0.00184 e. The minimum Gasteiger partial charge on any atom is -0.303 e. The highest BCUT2D eigenvalue weighted by Gasteiger charge is 2.03. The van der Waals surface area contributed by atoms with Gasteiger partial charge in [0.25, 0.3) is 0 Å². The zero-order valence-corrected chi connectivity index (χ0v) is 11.7. The third kappa shape index (κ3) is 10.2. The molecule has 0 atom stereocenters. The molecule has 0 rings (SSSR count). The first-order valence-corrected chi connectivity index (χ1v) is 7.07. The van der Waals surface area contributed by atoms with Crippen LogP contribution in [0.1, 0.15) is 65.7 Å². The minimum absolute atomic E-state index is 1.16. The van der Waals surface area contributed by atoms with Crippen molar-refractivity contribution in [2.75, 3.05) is 19.6 Å². The largest absolute Gasteiger partial charge is 0.303 e. The molecule has 0 unspecified atom stereocenters. The molecular weight excluding hydrogens is 194 g/mol. The molecule has 0 aliphatic rings. The molecule has 0 aliphatic heterocycles. The Morgan fingerprint density at radius 3 is 1.75 bits per heavy atom. The maximum absolute atomic E-state index is 3.99. The van der Waals surface area contributed by atoms with E-state index in [-0.39, 0.29) is 0 Å². The first-order valence-electron chi connectivity index (χ1n) is 7.07. The standard InChI is InChI=1S/C15H31N/c1-5-7-9-12-16(13-10-8-6-2)14-11-15(3)4/h3,5-14H2,1-2,4H3. The lowest BCUT2D eigenvalue weighted by Crippen LogP contribution is -2.27. The van der Waals surface area contributed by atoms with Crippen LogP contribution in [0.4, 0.5) is 0 Å². The summed E-state index contributed by atoms with van der Waals surface area (Å²) in [6, 6.07) is 0. The molecule has 0 bridgehead atoms. The molecule has 0 aromatic rings. The van der Waals surface area contributed by atoms with Crippen LogP contribution >= 0.6 is 0 Å². The molecule has 0 saturated carbocycles. The van der Waals surface area contributed by atoms with Gasteiger partial charge in [-0.2, -0.15) is 0 Å². The van der Waals surface area contributed by atoms with Gasteiger partial charge < -0.3 is 4.90 Å². The lowest BCUT2D eigenvalue weighted by Gasteiger charge is -2.22. The van der Waals surface area contributed by atoms with E-state index in [1.807, 2.05) is 0 Å². The summed E-state index contributed by atoms with van der Waals surface area (Å²) in [5.41, 5.74) is 1.32. The van der Waals surface area contributed by atoms with Gasteiger partial charge in [0.05, 0.1) is 0 Å². The molecule has 16 heavy (non-hydrogen) atoms. The Labute approximate surface area is 103 Å². The van der Waals surface area contributed by atoms with Crippen molar-refractivity contribution in [2.45, 2.75) is 65.7 Å². The predicted molar refractivity (Wildman–Crippen MR) is 74.9 cm³/mol. The molecular formula is C15H31N. The minimum atomic E-state index is 1.16. The van der Waals surface area contributed by atoms with Gasteiger partial charge in [-0.25, -0.2) is 0 Å². The van der Waals surface area contributed by atoms with Crippen LogP contribution < -0.4 is 0 Å². The average Bonchev–Trinajstić information content (AvgIpc) is 2.25. The number of rotatable bonds is 11. The van der Waals surface area contributed by atoms with Gasteiger partial charge in [-0.3, -0.25) is 0 Å². The van der Waals surface area contributed by atoms with E-state index in [1.165, 1.54) is 63.7 Å². The van der Waals surface area contributed by atoms with Crippen molar-refractivity contribution < 1.29 is 0 Å². The Morgan fingerprint density at radius 1 is 0.875 bits per heavy atom. The zero-order valence-electron chi connectivity index (χ0n) is 11.7. The van der Waals surface area contributed by atoms with Crippen molar-refractivity contribution in [3.8, 4) is 0 Å². The maximum atomic E-state index is 3.99. The van der Waals surface area contributed by atoms with Crippen LogP contribution in [0.15, 0.2) is 12.2 Å². The van der Waals surface area contributed by atoms with Gasteiger partial charge in [0.15, 0.2) is 0 Å². The summed E-state index contributed by atoms with van der Waals surface area (Å²) in [6.45, 7) is 14.5. The van der Waals surface area contributed by atoms with Gasteiger partial charge in [-0.05, 0) is 39.3 Å². The Kier molecular flexibility index (Phi) is 11.0. The molecule has 0 N–H and O–H groups in total. The molecule has 96 valence electrons. The van der Waals surface area contributed by atoms with Crippen molar-refractivity contribution in [3.05, 3.63) is 12.2 Å². The molecule has 0 aromatic carbocycles. The van der Waals surface area contributed by atoms with Gasteiger partial charge in [0.1, 0.15) is 0 Å². The van der Waals surface area contributed by atoms with Crippen LogP contribution in [0, 0.1) is 0 Å². The fraction of sp³-hybridized carbons (Fsp3) is 0.867. The Morgan fingerprint density at radius 2 is 1.38 bits per heavy atom. The monoisotopic (exact) mass is 225 g/mol. The SMILES string of the molecule is C=C(C)CCN(CCCCC)CCCCC. The zero-order chi connectivity index (χ0) is 12.2. The second-order valence-electron chi connectivity index (χ2n) is 4.96. The summed E-state index contributed by atoms with van der Waals surface area (Å²) in [7, 11) is 0. The molecule has 1 heteroatoms. The Balaban J connectivity index is 3.71. The fourth-order valence-electron chi connectivity index (χ4n) is 1.86. The van der Waals surface area contributed by atoms with Crippen LogP contribution in [-0.2, 0) is 0 Å². The molecule has 0 aliphatic carbocycles. The third-order valence-corrected chi connectivity index (χ3v) is 3.01. The second kappa shape index (κ2) is 11.2. The van der Waals surface area contributed by atoms with Crippen LogP contribution in [0.25, 0.3) is 0 Å². The lowest BCUT2D eigenvalue weighted by atomic mass is 10.2. The molecule has 0 fully saturated rings. The van der Waals surface area contributed by atoms with E-state index in [4.69, 9.17) is 0 Å². The van der Waals surface area contributed by atoms with Gasteiger partial charge >= 0.3 is 0 Å². The number of nitrogens with zero attached hydrogens (tertiary/aromatic N) is 1. The van der Waals surface area contributed by atoms with Crippen LogP contribution in [0.5, 0.6) is 0 Å². The predicted octanol–water partition coefficient (Wildman–Crippen LogP) is 4.64. The maximum Gasteiger partial charge on any atom is 0.00184 e. The quantitative estimate of drug-likeness (QED) is 0.366. The van der Waals surface area contributed by atoms with Gasteiger partial charge in [0.2, 0.25) is 0 Å². The average molecular weight is 225 g/mol. The molecule has 1 nitrogen and oxygen atoms in total. The normalized spacial score (nSPS) is 11.0. The highest BCUT2D eigenvalue weighted by Crippen LogP contribution is 2.05. The molecule has 0 amide bonds. The summed E-state index contributed by atoms with van der Waals surface area (Å²) in [4.78, 5) is 2.62. The van der Waals surface area contributed by atoms with Crippen molar-refractivity contribution in [2.24, 2.45) is 0 Å². The van der Waals surface area contributed by atoms with Crippen LogP contribution in [-0.4, -0.2) is 24.5 Å². The number of hydrogen-bond donors (Lipinski definition) is 0. The van der Waals surface area contributed by atoms with E-state index in [9.17, 15) is 0 Å².